The summed E-state index contributed by atoms with van der Waals surface area (Å²) < 4.78 is 2.24. The number of imidazole rings is 1. The highest BCUT2D eigenvalue weighted by Gasteiger charge is 2.15. The van der Waals surface area contributed by atoms with Gasteiger partial charge in [0.25, 0.3) is 0 Å². The average Bonchev–Trinajstić information content (AvgIpc) is 2.80. The lowest BCUT2D eigenvalue weighted by Crippen LogP contribution is -2.07. The molecule has 108 valence electrons. The first kappa shape index (κ1) is 14.2. The monoisotopic (exact) mass is 298 g/mol. The minimum Gasteiger partial charge on any atom is -0.322 e. The molecule has 3 aromatic rings. The van der Waals surface area contributed by atoms with Crippen molar-refractivity contribution in [2.75, 3.05) is 0 Å². The van der Waals surface area contributed by atoms with E-state index in [1.54, 1.807) is 0 Å². The molecular formula is C18H19ClN2. The standard InChI is InChI=1S/C18H19ClN2/c1-12-8-9-16-17(10-12)21(18(20-16)14(3)19)11-15-7-5-4-6-13(15)2/h4-10,14H,11H2,1-3H3. The summed E-state index contributed by atoms with van der Waals surface area (Å²) in [6.07, 6.45) is 0. The maximum absolute atomic E-state index is 6.34. The Morgan fingerprint density at radius 3 is 2.62 bits per heavy atom. The van der Waals surface area contributed by atoms with E-state index in [2.05, 4.69) is 60.9 Å². The first-order chi connectivity index (χ1) is 10.1. The molecule has 1 aromatic heterocycles. The molecule has 21 heavy (non-hydrogen) atoms. The molecule has 0 aliphatic carbocycles. The van der Waals surface area contributed by atoms with Crippen LogP contribution < -0.4 is 0 Å². The van der Waals surface area contributed by atoms with Crippen molar-refractivity contribution in [3.05, 3.63) is 65.0 Å². The lowest BCUT2D eigenvalue weighted by atomic mass is 10.1. The van der Waals surface area contributed by atoms with Gasteiger partial charge in [0.05, 0.1) is 16.4 Å². The number of aryl methyl sites for hydroxylation is 2. The Hall–Kier alpha value is -1.80. The van der Waals surface area contributed by atoms with Crippen molar-refractivity contribution < 1.29 is 0 Å². The number of alkyl halides is 1. The number of aromatic nitrogens is 2. The van der Waals surface area contributed by atoms with Crippen LogP contribution in [0.2, 0.25) is 0 Å². The van der Waals surface area contributed by atoms with Gasteiger partial charge >= 0.3 is 0 Å². The predicted molar refractivity (Wildman–Crippen MR) is 89.0 cm³/mol. The molecule has 0 aliphatic heterocycles. The van der Waals surface area contributed by atoms with Gasteiger partial charge in [-0.05, 0) is 49.6 Å². The molecular weight excluding hydrogens is 280 g/mol. The van der Waals surface area contributed by atoms with E-state index < -0.39 is 0 Å². The summed E-state index contributed by atoms with van der Waals surface area (Å²) in [6.45, 7) is 7.03. The van der Waals surface area contributed by atoms with Crippen LogP contribution in [0.3, 0.4) is 0 Å². The maximum atomic E-state index is 6.34. The van der Waals surface area contributed by atoms with Crippen molar-refractivity contribution in [1.29, 1.82) is 0 Å². The molecule has 1 unspecified atom stereocenters. The lowest BCUT2D eigenvalue weighted by molar-refractivity contribution is 0.739. The van der Waals surface area contributed by atoms with Crippen LogP contribution in [0.5, 0.6) is 0 Å². The van der Waals surface area contributed by atoms with Gasteiger partial charge in [0, 0.05) is 6.54 Å². The molecule has 1 heterocycles. The fraction of sp³-hybridized carbons (Fsp3) is 0.278. The van der Waals surface area contributed by atoms with Gasteiger partial charge in [-0.1, -0.05) is 30.3 Å². The van der Waals surface area contributed by atoms with E-state index in [9.17, 15) is 0 Å². The summed E-state index contributed by atoms with van der Waals surface area (Å²) in [6, 6.07) is 14.8. The van der Waals surface area contributed by atoms with E-state index in [0.29, 0.717) is 0 Å². The van der Waals surface area contributed by atoms with E-state index in [1.807, 2.05) is 6.92 Å². The fourth-order valence-electron chi connectivity index (χ4n) is 2.68. The Kier molecular flexibility index (Phi) is 3.73. The molecule has 1 atom stereocenters. The number of halogens is 1. The molecule has 0 amide bonds. The third-order valence-electron chi connectivity index (χ3n) is 3.88. The lowest BCUT2D eigenvalue weighted by Gasteiger charge is -2.12. The number of nitrogens with zero attached hydrogens (tertiary/aromatic N) is 2. The van der Waals surface area contributed by atoms with E-state index in [-0.39, 0.29) is 5.38 Å². The molecule has 0 aliphatic rings. The molecule has 3 rings (SSSR count). The van der Waals surface area contributed by atoms with E-state index >= 15 is 0 Å². The summed E-state index contributed by atoms with van der Waals surface area (Å²) >= 11 is 6.34. The number of fused-ring (bicyclic) bond motifs is 1. The van der Waals surface area contributed by atoms with E-state index in [4.69, 9.17) is 16.6 Å². The Morgan fingerprint density at radius 1 is 1.14 bits per heavy atom. The van der Waals surface area contributed by atoms with Crippen LogP contribution in [0, 0.1) is 13.8 Å². The average molecular weight is 299 g/mol. The van der Waals surface area contributed by atoms with E-state index in [1.165, 1.54) is 16.7 Å². The molecule has 3 heteroatoms. The highest BCUT2D eigenvalue weighted by molar-refractivity contribution is 6.20. The Labute approximate surface area is 130 Å². The van der Waals surface area contributed by atoms with Gasteiger partial charge in [-0.15, -0.1) is 11.6 Å². The molecule has 0 saturated carbocycles. The Morgan fingerprint density at radius 2 is 1.90 bits per heavy atom. The molecule has 0 saturated heterocycles. The zero-order valence-electron chi connectivity index (χ0n) is 12.6. The second kappa shape index (κ2) is 5.53. The first-order valence-corrected chi connectivity index (χ1v) is 7.65. The van der Waals surface area contributed by atoms with Crippen molar-refractivity contribution in [2.45, 2.75) is 32.7 Å². The van der Waals surface area contributed by atoms with Gasteiger partial charge in [-0.2, -0.15) is 0 Å². The maximum Gasteiger partial charge on any atom is 0.128 e. The van der Waals surface area contributed by atoms with Crippen molar-refractivity contribution in [1.82, 2.24) is 9.55 Å². The second-order valence-electron chi connectivity index (χ2n) is 5.59. The van der Waals surface area contributed by atoms with Gasteiger partial charge in [-0.3, -0.25) is 0 Å². The number of rotatable bonds is 3. The van der Waals surface area contributed by atoms with Crippen molar-refractivity contribution >= 4 is 22.6 Å². The van der Waals surface area contributed by atoms with Gasteiger partial charge in [0.1, 0.15) is 5.82 Å². The molecule has 2 aromatic carbocycles. The SMILES string of the molecule is Cc1ccc2nc(C(C)Cl)n(Cc3ccccc3C)c2c1. The highest BCUT2D eigenvalue weighted by Crippen LogP contribution is 2.26. The Bertz CT molecular complexity index is 787. The van der Waals surface area contributed by atoms with Crippen LogP contribution >= 0.6 is 11.6 Å². The third kappa shape index (κ3) is 2.68. The number of hydrogen-bond donors (Lipinski definition) is 0. The van der Waals surface area contributed by atoms with Crippen molar-refractivity contribution in [3.63, 3.8) is 0 Å². The molecule has 2 nitrogen and oxygen atoms in total. The van der Waals surface area contributed by atoms with Crippen LogP contribution in [0.1, 0.15) is 34.8 Å². The fourth-order valence-corrected chi connectivity index (χ4v) is 2.85. The third-order valence-corrected chi connectivity index (χ3v) is 4.07. The molecule has 0 N–H and O–H groups in total. The van der Waals surface area contributed by atoms with Crippen LogP contribution in [-0.2, 0) is 6.54 Å². The highest BCUT2D eigenvalue weighted by atomic mass is 35.5. The normalized spacial score (nSPS) is 12.8. The quantitative estimate of drug-likeness (QED) is 0.622. The smallest absolute Gasteiger partial charge is 0.128 e. The number of hydrogen-bond acceptors (Lipinski definition) is 1. The minimum absolute atomic E-state index is 0.110. The van der Waals surface area contributed by atoms with Gasteiger partial charge in [0.15, 0.2) is 0 Å². The summed E-state index contributed by atoms with van der Waals surface area (Å²) in [5.41, 5.74) is 6.00. The number of benzene rings is 2. The summed E-state index contributed by atoms with van der Waals surface area (Å²) in [4.78, 5) is 4.71. The minimum atomic E-state index is -0.110. The second-order valence-corrected chi connectivity index (χ2v) is 6.25. The van der Waals surface area contributed by atoms with Crippen LogP contribution in [0.25, 0.3) is 11.0 Å². The van der Waals surface area contributed by atoms with Gasteiger partial charge in [0.2, 0.25) is 0 Å². The van der Waals surface area contributed by atoms with Gasteiger partial charge in [-0.25, -0.2) is 4.98 Å². The van der Waals surface area contributed by atoms with E-state index in [0.717, 1.165) is 23.4 Å². The summed E-state index contributed by atoms with van der Waals surface area (Å²) in [5.74, 6) is 0.931. The Balaban J connectivity index is 2.17. The summed E-state index contributed by atoms with van der Waals surface area (Å²) in [7, 11) is 0. The molecule has 0 bridgehead atoms. The van der Waals surface area contributed by atoms with Crippen molar-refractivity contribution in [3.8, 4) is 0 Å². The van der Waals surface area contributed by atoms with Crippen LogP contribution in [-0.4, -0.2) is 9.55 Å². The van der Waals surface area contributed by atoms with Gasteiger partial charge < -0.3 is 4.57 Å². The topological polar surface area (TPSA) is 17.8 Å². The predicted octanol–water partition coefficient (Wildman–Crippen LogP) is 5.00. The molecule has 0 spiro atoms. The first-order valence-electron chi connectivity index (χ1n) is 7.21. The zero-order chi connectivity index (χ0) is 15.0. The zero-order valence-corrected chi connectivity index (χ0v) is 13.4. The summed E-state index contributed by atoms with van der Waals surface area (Å²) in [5, 5.41) is -0.110. The van der Waals surface area contributed by atoms with Crippen LogP contribution in [0.15, 0.2) is 42.5 Å². The molecule has 0 fully saturated rings. The molecule has 0 radical (unpaired) electrons. The van der Waals surface area contributed by atoms with Crippen molar-refractivity contribution in [2.24, 2.45) is 0 Å². The van der Waals surface area contributed by atoms with Crippen LogP contribution in [0.4, 0.5) is 0 Å². The largest absolute Gasteiger partial charge is 0.322 e.